The van der Waals surface area contributed by atoms with E-state index >= 15 is 0 Å². The summed E-state index contributed by atoms with van der Waals surface area (Å²) in [4.78, 5) is 14.1. The maximum Gasteiger partial charge on any atom is 0.238 e. The summed E-state index contributed by atoms with van der Waals surface area (Å²) in [5, 5.41) is 3.98. The molecule has 0 atom stereocenters. The van der Waals surface area contributed by atoms with E-state index in [9.17, 15) is 4.79 Å². The average molecular weight is 383 g/mol. The van der Waals surface area contributed by atoms with Crippen molar-refractivity contribution in [3.05, 3.63) is 52.0 Å². The molecular formula is C18H20Cl2N2O3. The zero-order valence-electron chi connectivity index (χ0n) is 14.3. The Balaban J connectivity index is 1.97. The van der Waals surface area contributed by atoms with E-state index in [0.29, 0.717) is 33.8 Å². The summed E-state index contributed by atoms with van der Waals surface area (Å²) >= 11 is 12.0. The number of hydrogen-bond acceptors (Lipinski definition) is 4. The van der Waals surface area contributed by atoms with E-state index < -0.39 is 0 Å². The lowest BCUT2D eigenvalue weighted by Gasteiger charge is -2.17. The molecule has 2 aromatic rings. The average Bonchev–Trinajstić information content (AvgIpc) is 2.52. The third-order valence-electron chi connectivity index (χ3n) is 3.42. The standard InChI is InChI=1S/C18H20Cl2N2O3/c1-22(10-12-4-13(19)6-14(20)5-12)11-18(23)21-15-7-16(24-2)9-17(8-15)25-3/h4-9H,10-11H2,1-3H3,(H,21,23). The van der Waals surface area contributed by atoms with Crippen LogP contribution in [0.3, 0.4) is 0 Å². The van der Waals surface area contributed by atoms with Crippen molar-refractivity contribution in [2.75, 3.05) is 33.1 Å². The molecular weight excluding hydrogens is 363 g/mol. The number of benzene rings is 2. The van der Waals surface area contributed by atoms with Crippen molar-refractivity contribution in [3.8, 4) is 11.5 Å². The molecule has 7 heteroatoms. The minimum Gasteiger partial charge on any atom is -0.497 e. The van der Waals surface area contributed by atoms with Crippen LogP contribution in [0.2, 0.25) is 10.0 Å². The number of carbonyl (C=O) groups is 1. The largest absolute Gasteiger partial charge is 0.497 e. The van der Waals surface area contributed by atoms with Gasteiger partial charge in [0.1, 0.15) is 11.5 Å². The fourth-order valence-corrected chi connectivity index (χ4v) is 2.97. The van der Waals surface area contributed by atoms with Gasteiger partial charge in [-0.3, -0.25) is 9.69 Å². The second-order valence-corrected chi connectivity index (χ2v) is 6.47. The van der Waals surface area contributed by atoms with Crippen LogP contribution in [0.25, 0.3) is 0 Å². The van der Waals surface area contributed by atoms with Crippen molar-refractivity contribution in [1.29, 1.82) is 0 Å². The molecule has 0 aliphatic heterocycles. The molecule has 0 fully saturated rings. The monoisotopic (exact) mass is 382 g/mol. The number of likely N-dealkylation sites (N-methyl/N-ethyl adjacent to an activating group) is 1. The van der Waals surface area contributed by atoms with Crippen LogP contribution in [0.15, 0.2) is 36.4 Å². The Labute approximate surface area is 157 Å². The first-order chi connectivity index (χ1) is 11.9. The Morgan fingerprint density at radius 3 is 2.08 bits per heavy atom. The third-order valence-corrected chi connectivity index (χ3v) is 3.86. The molecule has 25 heavy (non-hydrogen) atoms. The van der Waals surface area contributed by atoms with Crippen molar-refractivity contribution in [1.82, 2.24) is 4.90 Å². The predicted octanol–water partition coefficient (Wildman–Crippen LogP) is 4.08. The van der Waals surface area contributed by atoms with E-state index in [1.807, 2.05) is 24.1 Å². The van der Waals surface area contributed by atoms with Gasteiger partial charge in [-0.15, -0.1) is 0 Å². The minimum atomic E-state index is -0.147. The molecule has 2 rings (SSSR count). The Hall–Kier alpha value is -1.95. The van der Waals surface area contributed by atoms with Gasteiger partial charge in [-0.2, -0.15) is 0 Å². The van der Waals surface area contributed by atoms with Gasteiger partial charge in [0.15, 0.2) is 0 Å². The molecule has 0 saturated heterocycles. The van der Waals surface area contributed by atoms with Gasteiger partial charge in [-0.25, -0.2) is 0 Å². The summed E-state index contributed by atoms with van der Waals surface area (Å²) in [6, 6.07) is 10.5. The Kier molecular flexibility index (Phi) is 6.93. The number of rotatable bonds is 7. The number of ether oxygens (including phenoxy) is 2. The number of carbonyl (C=O) groups excluding carboxylic acids is 1. The molecule has 134 valence electrons. The zero-order valence-corrected chi connectivity index (χ0v) is 15.8. The van der Waals surface area contributed by atoms with E-state index in [0.717, 1.165) is 5.56 Å². The number of halogens is 2. The molecule has 0 heterocycles. The maximum absolute atomic E-state index is 12.3. The van der Waals surface area contributed by atoms with Crippen molar-refractivity contribution >= 4 is 34.8 Å². The van der Waals surface area contributed by atoms with Crippen LogP contribution in [-0.4, -0.2) is 38.6 Å². The number of nitrogens with one attached hydrogen (secondary N) is 1. The highest BCUT2D eigenvalue weighted by molar-refractivity contribution is 6.34. The summed E-state index contributed by atoms with van der Waals surface area (Å²) in [7, 11) is 4.97. The first-order valence-corrected chi connectivity index (χ1v) is 8.31. The quantitative estimate of drug-likeness (QED) is 0.783. The van der Waals surface area contributed by atoms with Gasteiger partial charge < -0.3 is 14.8 Å². The van der Waals surface area contributed by atoms with Crippen molar-refractivity contribution in [3.63, 3.8) is 0 Å². The van der Waals surface area contributed by atoms with Crippen LogP contribution in [0.5, 0.6) is 11.5 Å². The van der Waals surface area contributed by atoms with E-state index in [-0.39, 0.29) is 12.5 Å². The first-order valence-electron chi connectivity index (χ1n) is 7.56. The summed E-state index contributed by atoms with van der Waals surface area (Å²) in [5.74, 6) is 1.07. The SMILES string of the molecule is COc1cc(NC(=O)CN(C)Cc2cc(Cl)cc(Cl)c2)cc(OC)c1. The molecule has 0 unspecified atom stereocenters. The van der Waals surface area contributed by atoms with Crippen molar-refractivity contribution in [2.24, 2.45) is 0 Å². The molecule has 5 nitrogen and oxygen atoms in total. The fourth-order valence-electron chi connectivity index (χ4n) is 2.40. The summed E-state index contributed by atoms with van der Waals surface area (Å²) in [6.07, 6.45) is 0. The highest BCUT2D eigenvalue weighted by atomic mass is 35.5. The molecule has 0 radical (unpaired) electrons. The van der Waals surface area contributed by atoms with E-state index in [1.54, 1.807) is 38.5 Å². The maximum atomic E-state index is 12.3. The van der Waals surface area contributed by atoms with Crippen molar-refractivity contribution < 1.29 is 14.3 Å². The number of methoxy groups -OCH3 is 2. The number of anilines is 1. The predicted molar refractivity (Wildman–Crippen MR) is 101 cm³/mol. The minimum absolute atomic E-state index is 0.147. The van der Waals surface area contributed by atoms with Crippen LogP contribution < -0.4 is 14.8 Å². The topological polar surface area (TPSA) is 50.8 Å². The second kappa shape index (κ2) is 8.94. The lowest BCUT2D eigenvalue weighted by molar-refractivity contribution is -0.117. The van der Waals surface area contributed by atoms with E-state index in [2.05, 4.69) is 5.32 Å². The van der Waals surface area contributed by atoms with E-state index in [1.165, 1.54) is 0 Å². The zero-order chi connectivity index (χ0) is 18.4. The van der Waals surface area contributed by atoms with Gasteiger partial charge >= 0.3 is 0 Å². The summed E-state index contributed by atoms with van der Waals surface area (Å²) in [5.41, 5.74) is 1.55. The lowest BCUT2D eigenvalue weighted by atomic mass is 10.2. The van der Waals surface area contributed by atoms with E-state index in [4.69, 9.17) is 32.7 Å². The molecule has 0 bridgehead atoms. The second-order valence-electron chi connectivity index (χ2n) is 5.60. The van der Waals surface area contributed by atoms with Gasteiger partial charge in [0.05, 0.1) is 20.8 Å². The van der Waals surface area contributed by atoms with Crippen LogP contribution in [-0.2, 0) is 11.3 Å². The molecule has 0 aliphatic carbocycles. The van der Waals surface area contributed by atoms with Gasteiger partial charge in [-0.1, -0.05) is 23.2 Å². The molecule has 0 aliphatic rings. The summed E-state index contributed by atoms with van der Waals surface area (Å²) < 4.78 is 10.4. The van der Waals surface area contributed by atoms with Gasteiger partial charge in [0.25, 0.3) is 0 Å². The number of nitrogens with zero attached hydrogens (tertiary/aromatic N) is 1. The number of hydrogen-bond donors (Lipinski definition) is 1. The van der Waals surface area contributed by atoms with Gasteiger partial charge in [0.2, 0.25) is 5.91 Å². The highest BCUT2D eigenvalue weighted by Crippen LogP contribution is 2.25. The third kappa shape index (κ3) is 6.12. The van der Waals surface area contributed by atoms with Crippen LogP contribution in [0.1, 0.15) is 5.56 Å². The molecule has 2 aromatic carbocycles. The van der Waals surface area contributed by atoms with Crippen LogP contribution >= 0.6 is 23.2 Å². The Morgan fingerprint density at radius 1 is 1.00 bits per heavy atom. The normalized spacial score (nSPS) is 10.6. The van der Waals surface area contributed by atoms with Gasteiger partial charge in [0, 0.05) is 40.5 Å². The fraction of sp³-hybridized carbons (Fsp3) is 0.278. The number of amides is 1. The van der Waals surface area contributed by atoms with Crippen LogP contribution in [0.4, 0.5) is 5.69 Å². The molecule has 0 saturated carbocycles. The molecule has 1 amide bonds. The first kappa shape index (κ1) is 19.4. The highest BCUT2D eigenvalue weighted by Gasteiger charge is 2.10. The lowest BCUT2D eigenvalue weighted by Crippen LogP contribution is -2.29. The van der Waals surface area contributed by atoms with Gasteiger partial charge in [-0.05, 0) is 30.8 Å². The van der Waals surface area contributed by atoms with Crippen molar-refractivity contribution in [2.45, 2.75) is 6.54 Å². The smallest absolute Gasteiger partial charge is 0.238 e. The molecule has 0 aromatic heterocycles. The molecule has 0 spiro atoms. The Morgan fingerprint density at radius 2 is 1.56 bits per heavy atom. The Bertz CT molecular complexity index is 711. The van der Waals surface area contributed by atoms with Crippen LogP contribution in [0, 0.1) is 0 Å². The summed E-state index contributed by atoms with van der Waals surface area (Å²) in [6.45, 7) is 0.763. The molecule has 1 N–H and O–H groups in total.